The Labute approximate surface area is 71.5 Å². The number of nitrogens with one attached hydrogen (secondary N) is 1. The quantitative estimate of drug-likeness (QED) is 0.597. The first-order valence-corrected chi connectivity index (χ1v) is 4.36. The number of amides is 1. The van der Waals surface area contributed by atoms with Crippen LogP contribution in [0.25, 0.3) is 0 Å². The summed E-state index contributed by atoms with van der Waals surface area (Å²) in [6, 6.07) is 0.829. The molecule has 3 unspecified atom stereocenters. The molecular weight excluding hydrogens is 156 g/mol. The highest BCUT2D eigenvalue weighted by molar-refractivity contribution is 5.65. The number of fused-ring (bicyclic) bond motifs is 2. The van der Waals surface area contributed by atoms with Crippen molar-refractivity contribution in [2.75, 3.05) is 13.6 Å². The van der Waals surface area contributed by atoms with Crippen molar-refractivity contribution in [1.82, 2.24) is 10.2 Å². The smallest absolute Gasteiger partial charge is 0.404 e. The van der Waals surface area contributed by atoms with Crippen LogP contribution in [0.2, 0.25) is 0 Å². The predicted molar refractivity (Wildman–Crippen MR) is 44.1 cm³/mol. The molecule has 0 aromatic rings. The van der Waals surface area contributed by atoms with Crippen LogP contribution in [-0.2, 0) is 0 Å². The molecule has 4 nitrogen and oxygen atoms in total. The molecule has 3 atom stereocenters. The number of piperidine rings is 1. The Morgan fingerprint density at radius 3 is 2.75 bits per heavy atom. The Bertz CT molecular complexity index is 205. The van der Waals surface area contributed by atoms with Gasteiger partial charge in [0.15, 0.2) is 0 Å². The third kappa shape index (κ3) is 1.16. The van der Waals surface area contributed by atoms with Gasteiger partial charge in [-0.15, -0.1) is 0 Å². The topological polar surface area (TPSA) is 52.6 Å². The molecule has 2 fully saturated rings. The van der Waals surface area contributed by atoms with E-state index in [1.165, 1.54) is 6.42 Å². The monoisotopic (exact) mass is 170 g/mol. The second-order valence-corrected chi connectivity index (χ2v) is 3.88. The fraction of sp³-hybridized carbons (Fsp3) is 0.875. The fourth-order valence-electron chi connectivity index (χ4n) is 2.51. The van der Waals surface area contributed by atoms with Crippen molar-refractivity contribution in [3.63, 3.8) is 0 Å². The lowest BCUT2D eigenvalue weighted by atomic mass is 10.0. The minimum absolute atomic E-state index is 0.212. The van der Waals surface area contributed by atoms with Crippen LogP contribution in [0.1, 0.15) is 12.8 Å². The number of carbonyl (C=O) groups is 1. The lowest BCUT2D eigenvalue weighted by Gasteiger charge is -2.27. The molecule has 12 heavy (non-hydrogen) atoms. The molecule has 0 aromatic carbocycles. The fourth-order valence-corrected chi connectivity index (χ4v) is 2.51. The second-order valence-electron chi connectivity index (χ2n) is 3.88. The van der Waals surface area contributed by atoms with Crippen molar-refractivity contribution >= 4 is 6.09 Å². The molecule has 68 valence electrons. The van der Waals surface area contributed by atoms with Crippen molar-refractivity contribution in [3.05, 3.63) is 0 Å². The van der Waals surface area contributed by atoms with Gasteiger partial charge in [-0.05, 0) is 25.8 Å². The van der Waals surface area contributed by atoms with Crippen molar-refractivity contribution in [2.45, 2.75) is 24.9 Å². The van der Waals surface area contributed by atoms with Crippen LogP contribution in [0.4, 0.5) is 4.79 Å². The van der Waals surface area contributed by atoms with Crippen LogP contribution in [0.15, 0.2) is 0 Å². The van der Waals surface area contributed by atoms with E-state index < -0.39 is 6.09 Å². The minimum Gasteiger partial charge on any atom is -0.465 e. The molecule has 2 aliphatic rings. The van der Waals surface area contributed by atoms with Gasteiger partial charge in [-0.3, -0.25) is 0 Å². The molecule has 0 spiro atoms. The molecule has 2 bridgehead atoms. The molecule has 1 saturated heterocycles. The predicted octanol–water partition coefficient (Wildman–Crippen LogP) is 0.347. The lowest BCUT2D eigenvalue weighted by molar-refractivity contribution is 0.174. The zero-order valence-corrected chi connectivity index (χ0v) is 7.16. The SMILES string of the molecule is CN1CC2CC1CC2NC(=O)O. The molecule has 2 rings (SSSR count). The van der Waals surface area contributed by atoms with Gasteiger partial charge in [-0.2, -0.15) is 0 Å². The maximum atomic E-state index is 10.4. The molecular formula is C8H14N2O2. The van der Waals surface area contributed by atoms with Crippen LogP contribution in [0.5, 0.6) is 0 Å². The summed E-state index contributed by atoms with van der Waals surface area (Å²) in [7, 11) is 2.11. The number of carboxylic acid groups (broad SMARTS) is 1. The van der Waals surface area contributed by atoms with Gasteiger partial charge in [0.1, 0.15) is 0 Å². The lowest BCUT2D eigenvalue weighted by Crippen LogP contribution is -2.44. The summed E-state index contributed by atoms with van der Waals surface area (Å²) in [5.74, 6) is 0.552. The first kappa shape index (κ1) is 7.86. The molecule has 1 heterocycles. The number of nitrogens with zero attached hydrogens (tertiary/aromatic N) is 1. The zero-order valence-electron chi connectivity index (χ0n) is 7.16. The van der Waals surface area contributed by atoms with Crippen LogP contribution >= 0.6 is 0 Å². The van der Waals surface area contributed by atoms with Crippen molar-refractivity contribution in [3.8, 4) is 0 Å². The number of rotatable bonds is 1. The average molecular weight is 170 g/mol. The Morgan fingerprint density at radius 2 is 2.33 bits per heavy atom. The summed E-state index contributed by atoms with van der Waals surface area (Å²) in [5, 5.41) is 11.1. The van der Waals surface area contributed by atoms with Crippen molar-refractivity contribution in [2.24, 2.45) is 5.92 Å². The van der Waals surface area contributed by atoms with Gasteiger partial charge in [-0.25, -0.2) is 4.79 Å². The first-order chi connectivity index (χ1) is 5.66. The van der Waals surface area contributed by atoms with Crippen LogP contribution in [0, 0.1) is 5.92 Å². The highest BCUT2D eigenvalue weighted by Crippen LogP contribution is 2.36. The van der Waals surface area contributed by atoms with Gasteiger partial charge < -0.3 is 15.3 Å². The molecule has 0 aromatic heterocycles. The Morgan fingerprint density at radius 1 is 1.58 bits per heavy atom. The van der Waals surface area contributed by atoms with E-state index in [2.05, 4.69) is 17.3 Å². The Balaban J connectivity index is 1.94. The third-order valence-electron chi connectivity index (χ3n) is 3.12. The molecule has 2 N–H and O–H groups in total. The number of hydrogen-bond donors (Lipinski definition) is 2. The second kappa shape index (κ2) is 2.62. The summed E-state index contributed by atoms with van der Waals surface area (Å²) in [6.45, 7) is 1.05. The van der Waals surface area contributed by atoms with Gasteiger partial charge in [0.05, 0.1) is 0 Å². The van der Waals surface area contributed by atoms with E-state index in [-0.39, 0.29) is 6.04 Å². The molecule has 1 amide bonds. The first-order valence-electron chi connectivity index (χ1n) is 4.36. The summed E-state index contributed by atoms with van der Waals surface area (Å²) >= 11 is 0. The van der Waals surface area contributed by atoms with Gasteiger partial charge >= 0.3 is 6.09 Å². The van der Waals surface area contributed by atoms with Crippen molar-refractivity contribution < 1.29 is 9.90 Å². The van der Waals surface area contributed by atoms with Crippen molar-refractivity contribution in [1.29, 1.82) is 0 Å². The largest absolute Gasteiger partial charge is 0.465 e. The molecule has 1 aliphatic heterocycles. The number of hydrogen-bond acceptors (Lipinski definition) is 2. The number of likely N-dealkylation sites (tertiary alicyclic amines) is 1. The highest BCUT2D eigenvalue weighted by atomic mass is 16.4. The van der Waals surface area contributed by atoms with Gasteiger partial charge in [0.25, 0.3) is 0 Å². The van der Waals surface area contributed by atoms with Crippen LogP contribution in [0.3, 0.4) is 0 Å². The molecule has 0 radical (unpaired) electrons. The van der Waals surface area contributed by atoms with E-state index in [1.807, 2.05) is 0 Å². The maximum absolute atomic E-state index is 10.4. The normalized spacial score (nSPS) is 40.2. The summed E-state index contributed by atoms with van der Waals surface area (Å²) < 4.78 is 0. The van der Waals surface area contributed by atoms with E-state index in [0.717, 1.165) is 13.0 Å². The average Bonchev–Trinajstić information content (AvgIpc) is 2.44. The van der Waals surface area contributed by atoms with E-state index in [9.17, 15) is 4.79 Å². The van der Waals surface area contributed by atoms with Crippen LogP contribution in [-0.4, -0.2) is 41.8 Å². The molecule has 1 saturated carbocycles. The van der Waals surface area contributed by atoms with Gasteiger partial charge in [0.2, 0.25) is 0 Å². The van der Waals surface area contributed by atoms with Crippen LogP contribution < -0.4 is 5.32 Å². The van der Waals surface area contributed by atoms with E-state index in [1.54, 1.807) is 0 Å². The van der Waals surface area contributed by atoms with Gasteiger partial charge in [0, 0.05) is 18.6 Å². The Kier molecular flexibility index (Phi) is 1.72. The third-order valence-corrected chi connectivity index (χ3v) is 3.12. The zero-order chi connectivity index (χ0) is 8.72. The molecule has 1 aliphatic carbocycles. The summed E-state index contributed by atoms with van der Waals surface area (Å²) in [5.41, 5.74) is 0. The van der Waals surface area contributed by atoms with E-state index >= 15 is 0 Å². The summed E-state index contributed by atoms with van der Waals surface area (Å²) in [4.78, 5) is 12.7. The summed E-state index contributed by atoms with van der Waals surface area (Å²) in [6.07, 6.45) is 1.28. The van der Waals surface area contributed by atoms with E-state index in [0.29, 0.717) is 12.0 Å². The molecule has 4 heteroatoms. The Hall–Kier alpha value is -0.770. The van der Waals surface area contributed by atoms with Gasteiger partial charge in [-0.1, -0.05) is 0 Å². The van der Waals surface area contributed by atoms with E-state index in [4.69, 9.17) is 5.11 Å². The minimum atomic E-state index is -0.879. The standard InChI is InChI=1S/C8H14N2O2/c1-10-4-5-2-6(10)3-7(5)9-8(11)12/h5-7,9H,2-4H2,1H3,(H,11,12). The maximum Gasteiger partial charge on any atom is 0.404 e. The highest BCUT2D eigenvalue weighted by Gasteiger charge is 2.43.